The molecule has 2 aromatic carbocycles. The van der Waals surface area contributed by atoms with Crippen LogP contribution < -0.4 is 16.0 Å². The van der Waals surface area contributed by atoms with Gasteiger partial charge in [-0.05, 0) is 69.2 Å². The Hall–Kier alpha value is -3.42. The predicted octanol–water partition coefficient (Wildman–Crippen LogP) is 3.01. The summed E-state index contributed by atoms with van der Waals surface area (Å²) in [7, 11) is 0. The van der Waals surface area contributed by atoms with Crippen molar-refractivity contribution in [1.82, 2.24) is 25.6 Å². The number of fused-ring (bicyclic) bond motifs is 1. The minimum Gasteiger partial charge on any atom is -0.350 e. The van der Waals surface area contributed by atoms with Crippen molar-refractivity contribution in [2.75, 3.05) is 11.9 Å². The Morgan fingerprint density at radius 2 is 1.79 bits per heavy atom. The van der Waals surface area contributed by atoms with E-state index < -0.39 is 0 Å². The second-order valence-electron chi connectivity index (χ2n) is 7.40. The van der Waals surface area contributed by atoms with Gasteiger partial charge < -0.3 is 16.0 Å². The first kappa shape index (κ1) is 20.3. The Labute approximate surface area is 169 Å². The van der Waals surface area contributed by atoms with Crippen molar-refractivity contribution in [3.05, 3.63) is 53.1 Å². The third-order valence-electron chi connectivity index (χ3n) is 4.28. The number of benzene rings is 2. The highest BCUT2D eigenvalue weighted by atomic mass is 16.2. The number of anilines is 1. The van der Waals surface area contributed by atoms with Crippen molar-refractivity contribution >= 4 is 28.7 Å². The SMILES string of the molecule is Cc1cc(C)cc(NC(=O)NCCn2nnc3cc(C(=O)NC(C)C)ccc32)c1. The Bertz CT molecular complexity index is 1020. The van der Waals surface area contributed by atoms with E-state index in [0.717, 1.165) is 22.3 Å². The van der Waals surface area contributed by atoms with E-state index in [-0.39, 0.29) is 18.0 Å². The number of urea groups is 1. The van der Waals surface area contributed by atoms with E-state index in [2.05, 4.69) is 32.3 Å². The molecule has 0 spiro atoms. The number of aromatic nitrogens is 3. The van der Waals surface area contributed by atoms with Gasteiger partial charge in [0.15, 0.2) is 0 Å². The Morgan fingerprint density at radius 3 is 2.48 bits per heavy atom. The largest absolute Gasteiger partial charge is 0.350 e. The molecule has 8 nitrogen and oxygen atoms in total. The molecule has 1 aromatic heterocycles. The van der Waals surface area contributed by atoms with E-state index in [4.69, 9.17) is 0 Å². The monoisotopic (exact) mass is 394 g/mol. The molecular weight excluding hydrogens is 368 g/mol. The number of carbonyl (C=O) groups excluding carboxylic acids is 2. The van der Waals surface area contributed by atoms with Crippen LogP contribution in [0.25, 0.3) is 11.0 Å². The zero-order chi connectivity index (χ0) is 21.0. The maximum absolute atomic E-state index is 12.1. The van der Waals surface area contributed by atoms with Gasteiger partial charge in [-0.25, -0.2) is 9.48 Å². The van der Waals surface area contributed by atoms with Gasteiger partial charge in [-0.15, -0.1) is 5.10 Å². The second kappa shape index (κ2) is 8.72. The lowest BCUT2D eigenvalue weighted by molar-refractivity contribution is 0.0943. The standard InChI is InChI=1S/C21H26N6O2/c1-13(2)23-20(28)16-5-6-19-18(12-16)25-26-27(19)8-7-22-21(29)24-17-10-14(3)9-15(4)11-17/h5-6,9-13H,7-8H2,1-4H3,(H,23,28)(H2,22,24,29). The van der Waals surface area contributed by atoms with Crippen molar-refractivity contribution in [1.29, 1.82) is 0 Å². The molecule has 3 aromatic rings. The maximum Gasteiger partial charge on any atom is 0.319 e. The van der Waals surface area contributed by atoms with Crippen LogP contribution in [0, 0.1) is 13.8 Å². The minimum absolute atomic E-state index is 0.0646. The van der Waals surface area contributed by atoms with Crippen LogP contribution in [0.4, 0.5) is 10.5 Å². The van der Waals surface area contributed by atoms with Gasteiger partial charge in [-0.3, -0.25) is 4.79 Å². The lowest BCUT2D eigenvalue weighted by Gasteiger charge is -2.10. The highest BCUT2D eigenvalue weighted by molar-refractivity contribution is 5.97. The van der Waals surface area contributed by atoms with Crippen molar-refractivity contribution in [3.63, 3.8) is 0 Å². The summed E-state index contributed by atoms with van der Waals surface area (Å²) in [5.74, 6) is -0.138. The molecule has 0 aliphatic rings. The van der Waals surface area contributed by atoms with Crippen LogP contribution in [0.5, 0.6) is 0 Å². The van der Waals surface area contributed by atoms with Crippen LogP contribution in [0.3, 0.4) is 0 Å². The average Bonchev–Trinajstić information content (AvgIpc) is 3.02. The molecular formula is C21H26N6O2. The summed E-state index contributed by atoms with van der Waals surface area (Å²) >= 11 is 0. The summed E-state index contributed by atoms with van der Waals surface area (Å²) in [6.45, 7) is 8.67. The molecule has 0 saturated heterocycles. The second-order valence-corrected chi connectivity index (χ2v) is 7.40. The third-order valence-corrected chi connectivity index (χ3v) is 4.28. The van der Waals surface area contributed by atoms with Gasteiger partial charge in [0.1, 0.15) is 5.52 Å². The van der Waals surface area contributed by atoms with Crippen LogP contribution in [0.15, 0.2) is 36.4 Å². The fourth-order valence-electron chi connectivity index (χ4n) is 3.12. The molecule has 0 fully saturated rings. The zero-order valence-electron chi connectivity index (χ0n) is 17.1. The number of nitrogens with one attached hydrogen (secondary N) is 3. The van der Waals surface area contributed by atoms with Crippen molar-refractivity contribution in [2.45, 2.75) is 40.3 Å². The molecule has 8 heteroatoms. The Morgan fingerprint density at radius 1 is 1.07 bits per heavy atom. The molecule has 0 atom stereocenters. The summed E-state index contributed by atoms with van der Waals surface area (Å²) in [5, 5.41) is 16.8. The maximum atomic E-state index is 12.1. The number of amides is 3. The predicted molar refractivity (Wildman–Crippen MR) is 113 cm³/mol. The van der Waals surface area contributed by atoms with E-state index in [1.165, 1.54) is 0 Å². The van der Waals surface area contributed by atoms with E-state index >= 15 is 0 Å². The molecule has 29 heavy (non-hydrogen) atoms. The van der Waals surface area contributed by atoms with Gasteiger partial charge in [-0.2, -0.15) is 0 Å². The summed E-state index contributed by atoms with van der Waals surface area (Å²) < 4.78 is 1.70. The van der Waals surface area contributed by atoms with Gasteiger partial charge in [-0.1, -0.05) is 11.3 Å². The van der Waals surface area contributed by atoms with Crippen LogP contribution >= 0.6 is 0 Å². The molecule has 3 rings (SSSR count). The molecule has 152 valence electrons. The van der Waals surface area contributed by atoms with Gasteiger partial charge in [0.05, 0.1) is 12.1 Å². The Balaban J connectivity index is 1.58. The lowest BCUT2D eigenvalue weighted by Crippen LogP contribution is -2.31. The number of carbonyl (C=O) groups is 2. The van der Waals surface area contributed by atoms with Crippen LogP contribution in [0.1, 0.15) is 35.3 Å². The van der Waals surface area contributed by atoms with Gasteiger partial charge in [0, 0.05) is 23.8 Å². The molecule has 3 amide bonds. The van der Waals surface area contributed by atoms with Gasteiger partial charge in [0.25, 0.3) is 5.91 Å². The first-order valence-electron chi connectivity index (χ1n) is 9.59. The molecule has 0 saturated carbocycles. The number of hydrogen-bond donors (Lipinski definition) is 3. The number of nitrogens with zero attached hydrogens (tertiary/aromatic N) is 3. The van der Waals surface area contributed by atoms with E-state index in [1.807, 2.05) is 45.9 Å². The van der Waals surface area contributed by atoms with E-state index in [0.29, 0.717) is 24.2 Å². The van der Waals surface area contributed by atoms with Crippen molar-refractivity contribution in [2.24, 2.45) is 0 Å². The third kappa shape index (κ3) is 5.31. The molecule has 3 N–H and O–H groups in total. The van der Waals surface area contributed by atoms with Crippen molar-refractivity contribution in [3.8, 4) is 0 Å². The number of rotatable bonds is 6. The van der Waals surface area contributed by atoms with Crippen LogP contribution in [-0.4, -0.2) is 39.5 Å². The molecule has 1 heterocycles. The lowest BCUT2D eigenvalue weighted by atomic mass is 10.1. The van der Waals surface area contributed by atoms with Crippen molar-refractivity contribution < 1.29 is 9.59 Å². The topological polar surface area (TPSA) is 101 Å². The van der Waals surface area contributed by atoms with E-state index in [9.17, 15) is 9.59 Å². The molecule has 0 radical (unpaired) electrons. The number of aryl methyl sites for hydroxylation is 2. The summed E-state index contributed by atoms with van der Waals surface area (Å²) in [6, 6.07) is 11.0. The van der Waals surface area contributed by atoms with Gasteiger partial charge in [0.2, 0.25) is 0 Å². The summed E-state index contributed by atoms with van der Waals surface area (Å²) in [5.41, 5.74) is 4.94. The zero-order valence-corrected chi connectivity index (χ0v) is 17.1. The quantitative estimate of drug-likeness (QED) is 0.598. The fraction of sp³-hybridized carbons (Fsp3) is 0.333. The van der Waals surface area contributed by atoms with Crippen LogP contribution in [-0.2, 0) is 6.54 Å². The average molecular weight is 394 g/mol. The summed E-state index contributed by atoms with van der Waals surface area (Å²) in [6.07, 6.45) is 0. The molecule has 0 unspecified atom stereocenters. The Kier molecular flexibility index (Phi) is 6.11. The number of hydrogen-bond acceptors (Lipinski definition) is 4. The fourth-order valence-corrected chi connectivity index (χ4v) is 3.12. The smallest absolute Gasteiger partial charge is 0.319 e. The molecule has 0 aliphatic heterocycles. The summed E-state index contributed by atoms with van der Waals surface area (Å²) in [4.78, 5) is 24.2. The first-order chi connectivity index (χ1) is 13.8. The van der Waals surface area contributed by atoms with Gasteiger partial charge >= 0.3 is 6.03 Å². The normalized spacial score (nSPS) is 10.9. The first-order valence-corrected chi connectivity index (χ1v) is 9.59. The van der Waals surface area contributed by atoms with Crippen LogP contribution in [0.2, 0.25) is 0 Å². The van der Waals surface area contributed by atoms with E-state index in [1.54, 1.807) is 16.8 Å². The molecule has 0 aliphatic carbocycles. The highest BCUT2D eigenvalue weighted by Crippen LogP contribution is 2.14. The molecule has 0 bridgehead atoms. The highest BCUT2D eigenvalue weighted by Gasteiger charge is 2.11. The minimum atomic E-state index is -0.271.